The molecular formula is C15H13FO2S. The Labute approximate surface area is 112 Å². The summed E-state index contributed by atoms with van der Waals surface area (Å²) in [4.78, 5) is 0.262. The first-order valence-corrected chi connectivity index (χ1v) is 7.36. The van der Waals surface area contributed by atoms with E-state index in [1.165, 1.54) is 24.3 Å². The minimum Gasteiger partial charge on any atom is -0.223 e. The number of halogens is 1. The zero-order valence-corrected chi connectivity index (χ0v) is 11.0. The Morgan fingerprint density at radius 3 is 2.16 bits per heavy atom. The van der Waals surface area contributed by atoms with Crippen LogP contribution >= 0.6 is 0 Å². The molecule has 0 aliphatic heterocycles. The maximum atomic E-state index is 12.8. The van der Waals surface area contributed by atoms with Gasteiger partial charge in [0.15, 0.2) is 9.84 Å². The summed E-state index contributed by atoms with van der Waals surface area (Å²) in [6, 6.07) is 13.8. The topological polar surface area (TPSA) is 34.1 Å². The average molecular weight is 276 g/mol. The Morgan fingerprint density at radius 1 is 1.00 bits per heavy atom. The fourth-order valence-electron chi connectivity index (χ4n) is 1.71. The molecule has 0 spiro atoms. The molecule has 0 unspecified atom stereocenters. The molecule has 0 radical (unpaired) electrons. The Balaban J connectivity index is 2.22. The molecule has 2 aromatic carbocycles. The average Bonchev–Trinajstić information content (AvgIpc) is 2.40. The van der Waals surface area contributed by atoms with Gasteiger partial charge in [-0.05, 0) is 35.4 Å². The van der Waals surface area contributed by atoms with Crippen LogP contribution in [-0.4, -0.2) is 14.2 Å². The second-order valence-corrected chi connectivity index (χ2v) is 6.17. The van der Waals surface area contributed by atoms with Crippen molar-refractivity contribution < 1.29 is 12.8 Å². The molecule has 0 atom stereocenters. The third-order valence-electron chi connectivity index (χ3n) is 2.72. The lowest BCUT2D eigenvalue weighted by Gasteiger charge is -2.07. The molecule has 4 heteroatoms. The number of sulfone groups is 1. The quantitative estimate of drug-likeness (QED) is 0.858. The van der Waals surface area contributed by atoms with E-state index < -0.39 is 9.84 Å². The lowest BCUT2D eigenvalue weighted by Crippen LogP contribution is -2.08. The second-order valence-electron chi connectivity index (χ2n) is 4.18. The normalized spacial score (nSPS) is 11.2. The maximum Gasteiger partial charge on any atom is 0.182 e. The van der Waals surface area contributed by atoms with E-state index in [4.69, 9.17) is 0 Å². The van der Waals surface area contributed by atoms with E-state index in [0.29, 0.717) is 11.1 Å². The Kier molecular flexibility index (Phi) is 3.81. The molecule has 0 saturated carbocycles. The van der Waals surface area contributed by atoms with E-state index in [0.717, 1.165) is 0 Å². The predicted octanol–water partition coefficient (Wildman–Crippen LogP) is 3.31. The molecule has 0 fully saturated rings. The molecule has 2 aromatic rings. The second kappa shape index (κ2) is 5.36. The largest absolute Gasteiger partial charge is 0.223 e. The Hall–Kier alpha value is -1.94. The summed E-state index contributed by atoms with van der Waals surface area (Å²) in [5.74, 6) is -0.537. The third kappa shape index (κ3) is 3.29. The summed E-state index contributed by atoms with van der Waals surface area (Å²) in [7, 11) is -3.41. The van der Waals surface area contributed by atoms with E-state index in [1.54, 1.807) is 30.3 Å². The van der Waals surface area contributed by atoms with E-state index in [9.17, 15) is 12.8 Å². The monoisotopic (exact) mass is 276 g/mol. The SMILES string of the molecule is C=C(CS(=O)(=O)c1ccccc1)c1ccc(F)cc1. The van der Waals surface area contributed by atoms with Gasteiger partial charge in [-0.2, -0.15) is 0 Å². The molecule has 98 valence electrons. The fraction of sp³-hybridized carbons (Fsp3) is 0.0667. The molecule has 0 saturated heterocycles. The summed E-state index contributed by atoms with van der Waals surface area (Å²) in [6.45, 7) is 3.76. The van der Waals surface area contributed by atoms with Crippen LogP contribution in [0.3, 0.4) is 0 Å². The summed E-state index contributed by atoms with van der Waals surface area (Å²) in [5.41, 5.74) is 1.07. The van der Waals surface area contributed by atoms with E-state index in [-0.39, 0.29) is 16.5 Å². The van der Waals surface area contributed by atoms with Gasteiger partial charge in [0.05, 0.1) is 10.6 Å². The summed E-state index contributed by atoms with van der Waals surface area (Å²) >= 11 is 0. The van der Waals surface area contributed by atoms with Gasteiger partial charge in [0.2, 0.25) is 0 Å². The smallest absolute Gasteiger partial charge is 0.182 e. The first kappa shape index (κ1) is 13.5. The number of benzene rings is 2. The Morgan fingerprint density at radius 2 is 1.58 bits per heavy atom. The summed E-state index contributed by atoms with van der Waals surface area (Å²) in [5, 5.41) is 0. The van der Waals surface area contributed by atoms with Gasteiger partial charge in [-0.15, -0.1) is 0 Å². The highest BCUT2D eigenvalue weighted by Gasteiger charge is 2.16. The molecule has 0 N–H and O–H groups in total. The molecule has 0 aliphatic rings. The third-order valence-corrected chi connectivity index (χ3v) is 4.44. The van der Waals surface area contributed by atoms with Gasteiger partial charge in [0.25, 0.3) is 0 Å². The van der Waals surface area contributed by atoms with Crippen LogP contribution in [0.5, 0.6) is 0 Å². The van der Waals surface area contributed by atoms with Crippen LogP contribution in [0.25, 0.3) is 5.57 Å². The molecule has 0 bridgehead atoms. The molecule has 2 rings (SSSR count). The van der Waals surface area contributed by atoms with Crippen LogP contribution in [-0.2, 0) is 9.84 Å². The van der Waals surface area contributed by atoms with Crippen molar-refractivity contribution in [1.29, 1.82) is 0 Å². The zero-order chi connectivity index (χ0) is 13.9. The van der Waals surface area contributed by atoms with Crippen molar-refractivity contribution in [3.05, 3.63) is 72.6 Å². The maximum absolute atomic E-state index is 12.8. The van der Waals surface area contributed by atoms with Gasteiger partial charge in [-0.1, -0.05) is 36.9 Å². The molecule has 19 heavy (non-hydrogen) atoms. The van der Waals surface area contributed by atoms with Crippen LogP contribution in [0.15, 0.2) is 66.1 Å². The number of hydrogen-bond acceptors (Lipinski definition) is 2. The fourth-order valence-corrected chi connectivity index (χ4v) is 3.07. The van der Waals surface area contributed by atoms with Gasteiger partial charge in [0.1, 0.15) is 5.82 Å². The zero-order valence-electron chi connectivity index (χ0n) is 10.2. The number of hydrogen-bond donors (Lipinski definition) is 0. The van der Waals surface area contributed by atoms with Crippen LogP contribution in [0.4, 0.5) is 4.39 Å². The van der Waals surface area contributed by atoms with Crippen molar-refractivity contribution in [3.8, 4) is 0 Å². The van der Waals surface area contributed by atoms with Gasteiger partial charge in [0, 0.05) is 0 Å². The first-order chi connectivity index (χ1) is 8.99. The highest BCUT2D eigenvalue weighted by molar-refractivity contribution is 7.91. The summed E-state index contributed by atoms with van der Waals surface area (Å²) < 4.78 is 37.1. The van der Waals surface area contributed by atoms with E-state index in [1.807, 2.05) is 0 Å². The standard InChI is InChI=1S/C15H13FO2S/c1-12(13-7-9-14(16)10-8-13)11-19(17,18)15-5-3-2-4-6-15/h2-10H,1,11H2. The van der Waals surface area contributed by atoms with E-state index in [2.05, 4.69) is 6.58 Å². The van der Waals surface area contributed by atoms with Gasteiger partial charge in [-0.3, -0.25) is 0 Å². The van der Waals surface area contributed by atoms with Crippen LogP contribution in [0.2, 0.25) is 0 Å². The minimum absolute atomic E-state index is 0.178. The highest BCUT2D eigenvalue weighted by atomic mass is 32.2. The first-order valence-electron chi connectivity index (χ1n) is 5.70. The number of rotatable bonds is 4. The van der Waals surface area contributed by atoms with Crippen LogP contribution in [0.1, 0.15) is 5.56 Å². The van der Waals surface area contributed by atoms with Crippen molar-refractivity contribution >= 4 is 15.4 Å². The molecular weight excluding hydrogens is 263 g/mol. The highest BCUT2D eigenvalue weighted by Crippen LogP contribution is 2.19. The Bertz CT molecular complexity index is 674. The summed E-state index contributed by atoms with van der Waals surface area (Å²) in [6.07, 6.45) is 0. The van der Waals surface area contributed by atoms with E-state index >= 15 is 0 Å². The molecule has 0 aliphatic carbocycles. The molecule has 0 aromatic heterocycles. The van der Waals surface area contributed by atoms with Crippen molar-refractivity contribution in [3.63, 3.8) is 0 Å². The van der Waals surface area contributed by atoms with Crippen LogP contribution < -0.4 is 0 Å². The lowest BCUT2D eigenvalue weighted by atomic mass is 10.1. The lowest BCUT2D eigenvalue weighted by molar-refractivity contribution is 0.599. The van der Waals surface area contributed by atoms with Gasteiger partial charge < -0.3 is 0 Å². The minimum atomic E-state index is -3.41. The molecule has 0 amide bonds. The van der Waals surface area contributed by atoms with Gasteiger partial charge in [-0.25, -0.2) is 12.8 Å². The predicted molar refractivity (Wildman–Crippen MR) is 73.9 cm³/mol. The van der Waals surface area contributed by atoms with Crippen molar-refractivity contribution in [2.45, 2.75) is 4.90 Å². The van der Waals surface area contributed by atoms with Crippen molar-refractivity contribution in [2.24, 2.45) is 0 Å². The van der Waals surface area contributed by atoms with Crippen molar-refractivity contribution in [2.75, 3.05) is 5.75 Å². The van der Waals surface area contributed by atoms with Gasteiger partial charge >= 0.3 is 0 Å². The van der Waals surface area contributed by atoms with Crippen LogP contribution in [0, 0.1) is 5.82 Å². The molecule has 0 heterocycles. The molecule has 2 nitrogen and oxygen atoms in total. The van der Waals surface area contributed by atoms with Crippen molar-refractivity contribution in [1.82, 2.24) is 0 Å².